The Labute approximate surface area is 221 Å². The highest BCUT2D eigenvalue weighted by molar-refractivity contribution is 6.02. The molecular weight excluding hydrogens is 484 g/mol. The lowest BCUT2D eigenvalue weighted by molar-refractivity contribution is -0.153. The van der Waals surface area contributed by atoms with Gasteiger partial charge in [-0.25, -0.2) is 5.01 Å². The predicted molar refractivity (Wildman–Crippen MR) is 142 cm³/mol. The number of piperidine rings is 1. The molecule has 4 aliphatic rings. The van der Waals surface area contributed by atoms with Crippen LogP contribution in [0.15, 0.2) is 77.9 Å². The number of rotatable bonds is 4. The maximum atomic E-state index is 12.8. The zero-order chi connectivity index (χ0) is 25.7. The smallest absolute Gasteiger partial charge is 0.387 e. The molecule has 1 saturated heterocycles. The summed E-state index contributed by atoms with van der Waals surface area (Å²) in [6.45, 7) is -0.980. The van der Waals surface area contributed by atoms with E-state index in [2.05, 4.69) is 51.0 Å². The van der Waals surface area contributed by atoms with E-state index in [0.29, 0.717) is 12.5 Å². The molecule has 0 radical (unpaired) electrons. The normalized spacial score (nSPS) is 23.9. The summed E-state index contributed by atoms with van der Waals surface area (Å²) in [6, 6.07) is 24.5. The molecular formula is C31H31F2N3O2. The number of fused-ring (bicyclic) bond motifs is 5. The fourth-order valence-corrected chi connectivity index (χ4v) is 6.88. The van der Waals surface area contributed by atoms with Crippen LogP contribution in [-0.4, -0.2) is 41.0 Å². The largest absolute Gasteiger partial charge is 0.466 e. The molecule has 2 atom stereocenters. The van der Waals surface area contributed by atoms with Crippen LogP contribution in [-0.2, 0) is 6.42 Å². The van der Waals surface area contributed by atoms with Crippen molar-refractivity contribution in [3.05, 3.63) is 95.1 Å². The molecule has 7 rings (SSSR count). The Morgan fingerprint density at radius 3 is 2.55 bits per heavy atom. The lowest BCUT2D eigenvalue weighted by atomic mass is 9.84. The van der Waals surface area contributed by atoms with Gasteiger partial charge in [-0.1, -0.05) is 54.6 Å². The highest BCUT2D eigenvalue weighted by Crippen LogP contribution is 2.51. The van der Waals surface area contributed by atoms with E-state index in [4.69, 9.17) is 9.84 Å². The Hall–Kier alpha value is -3.45. The number of aryl methyl sites for hydroxylation is 1. The summed E-state index contributed by atoms with van der Waals surface area (Å²) in [7, 11) is 0. The van der Waals surface area contributed by atoms with Gasteiger partial charge >= 0.3 is 6.61 Å². The van der Waals surface area contributed by atoms with E-state index in [0.717, 1.165) is 48.5 Å². The second kappa shape index (κ2) is 9.38. The minimum atomic E-state index is -2.85. The lowest BCUT2D eigenvalue weighted by Gasteiger charge is -2.52. The molecule has 0 aromatic heterocycles. The third-order valence-corrected chi connectivity index (χ3v) is 8.66. The van der Waals surface area contributed by atoms with Crippen molar-refractivity contribution in [1.82, 2.24) is 9.91 Å². The summed E-state index contributed by atoms with van der Waals surface area (Å²) in [5.74, 6) is 1.08. The van der Waals surface area contributed by atoms with Crippen LogP contribution in [0.4, 0.5) is 8.78 Å². The molecule has 5 nitrogen and oxygen atoms in total. The van der Waals surface area contributed by atoms with Crippen molar-refractivity contribution in [3.63, 3.8) is 0 Å². The van der Waals surface area contributed by atoms with Crippen LogP contribution in [0.5, 0.6) is 11.5 Å². The van der Waals surface area contributed by atoms with E-state index in [-0.39, 0.29) is 11.8 Å². The van der Waals surface area contributed by atoms with Crippen LogP contribution in [0.2, 0.25) is 0 Å². The first kappa shape index (κ1) is 23.7. The zero-order valence-corrected chi connectivity index (χ0v) is 21.2. The summed E-state index contributed by atoms with van der Waals surface area (Å²) in [5, 5.41) is 7.29. The third kappa shape index (κ3) is 4.04. The fourth-order valence-electron chi connectivity index (χ4n) is 6.88. The van der Waals surface area contributed by atoms with Crippen LogP contribution in [0, 0.1) is 0 Å². The van der Waals surface area contributed by atoms with Crippen LogP contribution in [0.25, 0.3) is 0 Å². The van der Waals surface area contributed by atoms with E-state index in [1.807, 2.05) is 18.2 Å². The van der Waals surface area contributed by atoms with Crippen molar-refractivity contribution in [1.29, 1.82) is 0 Å². The van der Waals surface area contributed by atoms with Gasteiger partial charge in [0, 0.05) is 49.5 Å². The van der Waals surface area contributed by atoms with Crippen molar-refractivity contribution in [3.8, 4) is 11.5 Å². The van der Waals surface area contributed by atoms with Gasteiger partial charge in [-0.2, -0.15) is 13.9 Å². The molecule has 0 amide bonds. The molecule has 0 N–H and O–H groups in total. The fraction of sp³-hybridized carbons (Fsp3) is 0.387. The molecule has 0 saturated carbocycles. The molecule has 1 spiro atoms. The maximum absolute atomic E-state index is 12.8. The topological polar surface area (TPSA) is 37.3 Å². The number of nitrogens with zero attached hydrogens (tertiary/aromatic N) is 3. The van der Waals surface area contributed by atoms with Crippen LogP contribution in [0.3, 0.4) is 0 Å². The summed E-state index contributed by atoms with van der Waals surface area (Å²) in [6.07, 6.45) is 5.98. The van der Waals surface area contributed by atoms with Crippen molar-refractivity contribution in [2.75, 3.05) is 13.1 Å². The molecule has 38 heavy (non-hydrogen) atoms. The lowest BCUT2D eigenvalue weighted by Crippen LogP contribution is -2.59. The average Bonchev–Trinajstić information content (AvgIpc) is 3.40. The Balaban J connectivity index is 1.18. The number of likely N-dealkylation sites (tertiary alicyclic amines) is 1. The predicted octanol–water partition coefficient (Wildman–Crippen LogP) is 6.70. The second-order valence-corrected chi connectivity index (χ2v) is 10.7. The molecule has 1 fully saturated rings. The van der Waals surface area contributed by atoms with Gasteiger partial charge < -0.3 is 9.47 Å². The number of halogens is 2. The molecule has 3 heterocycles. The zero-order valence-electron chi connectivity index (χ0n) is 21.2. The van der Waals surface area contributed by atoms with Gasteiger partial charge in [0.1, 0.15) is 11.5 Å². The van der Waals surface area contributed by atoms with Gasteiger partial charge in [-0.15, -0.1) is 0 Å². The second-order valence-electron chi connectivity index (χ2n) is 10.7. The maximum Gasteiger partial charge on any atom is 0.387 e. The molecule has 3 aliphatic heterocycles. The highest BCUT2D eigenvalue weighted by Gasteiger charge is 2.52. The Kier molecular flexibility index (Phi) is 5.84. The number of hydrazone groups is 1. The number of alkyl halides is 2. The highest BCUT2D eigenvalue weighted by atomic mass is 19.3. The Morgan fingerprint density at radius 1 is 0.921 bits per heavy atom. The molecule has 196 valence electrons. The Morgan fingerprint density at radius 2 is 1.71 bits per heavy atom. The quantitative estimate of drug-likeness (QED) is 0.388. The molecule has 3 aromatic carbocycles. The molecule has 1 aliphatic carbocycles. The van der Waals surface area contributed by atoms with E-state index in [1.54, 1.807) is 18.2 Å². The number of hydrogen-bond acceptors (Lipinski definition) is 5. The number of hydrogen-bond donors (Lipinski definition) is 0. The summed E-state index contributed by atoms with van der Waals surface area (Å²) < 4.78 is 37.2. The molecule has 0 bridgehead atoms. The van der Waals surface area contributed by atoms with Crippen LogP contribution in [0.1, 0.15) is 66.4 Å². The average molecular weight is 516 g/mol. The van der Waals surface area contributed by atoms with Gasteiger partial charge in [0.15, 0.2) is 0 Å². The molecule has 0 unspecified atom stereocenters. The van der Waals surface area contributed by atoms with Gasteiger partial charge in [-0.05, 0) is 48.6 Å². The standard InChI is InChI=1S/C31H31F2N3O2/c32-30(33)37-23-10-5-9-22(19-23)26-20-28-25-12-3-4-14-29(25)38-31(36(28)34-26)15-17-35(18-16-31)27-13-6-8-21-7-1-2-11-24(21)27/h1-5,7,9-12,14,19,27-28,30H,6,8,13,15-18,20H2/t27-,28-/m1/s1. The summed E-state index contributed by atoms with van der Waals surface area (Å²) >= 11 is 0. The number of benzene rings is 3. The first-order valence-electron chi connectivity index (χ1n) is 13.6. The van der Waals surface area contributed by atoms with Crippen molar-refractivity contribution in [2.24, 2.45) is 5.10 Å². The van der Waals surface area contributed by atoms with Gasteiger partial charge in [0.05, 0.1) is 11.8 Å². The monoisotopic (exact) mass is 515 g/mol. The van der Waals surface area contributed by atoms with E-state index in [1.165, 1.54) is 30.4 Å². The van der Waals surface area contributed by atoms with Crippen LogP contribution >= 0.6 is 0 Å². The van der Waals surface area contributed by atoms with Crippen LogP contribution < -0.4 is 9.47 Å². The van der Waals surface area contributed by atoms with E-state index < -0.39 is 12.3 Å². The van der Waals surface area contributed by atoms with Gasteiger partial charge in [0.2, 0.25) is 5.72 Å². The SMILES string of the molecule is FC(F)Oc1cccc(C2=NN3[C@H](C2)c2ccccc2OC32CCN([C@@H]3CCCc4ccccc43)CC2)c1. The van der Waals surface area contributed by atoms with E-state index in [9.17, 15) is 8.78 Å². The molecule has 7 heteroatoms. The van der Waals surface area contributed by atoms with Crippen molar-refractivity contribution >= 4 is 5.71 Å². The third-order valence-electron chi connectivity index (χ3n) is 8.66. The number of para-hydroxylation sites is 1. The van der Waals surface area contributed by atoms with Gasteiger partial charge in [-0.3, -0.25) is 4.90 Å². The first-order chi connectivity index (χ1) is 18.6. The van der Waals surface area contributed by atoms with Gasteiger partial charge in [0.25, 0.3) is 0 Å². The Bertz CT molecular complexity index is 1370. The van der Waals surface area contributed by atoms with Crippen molar-refractivity contribution in [2.45, 2.75) is 62.9 Å². The number of ether oxygens (including phenoxy) is 2. The molecule has 3 aromatic rings. The van der Waals surface area contributed by atoms with Crippen molar-refractivity contribution < 1.29 is 18.3 Å². The summed E-state index contributed by atoms with van der Waals surface area (Å²) in [5.41, 5.74) is 5.25. The summed E-state index contributed by atoms with van der Waals surface area (Å²) in [4.78, 5) is 2.63. The minimum absolute atomic E-state index is 0.0524. The van der Waals surface area contributed by atoms with E-state index >= 15 is 0 Å². The minimum Gasteiger partial charge on any atom is -0.466 e. The first-order valence-corrected chi connectivity index (χ1v) is 13.6.